The zero-order valence-electron chi connectivity index (χ0n) is 9.97. The second-order valence-corrected chi connectivity index (χ2v) is 5.50. The number of benzene rings is 1. The summed E-state index contributed by atoms with van der Waals surface area (Å²) in [7, 11) is 0. The Bertz CT molecular complexity index is 322. The predicted octanol–water partition coefficient (Wildman–Crippen LogP) is 3.43. The average molecular weight is 238 g/mol. The lowest BCUT2D eigenvalue weighted by atomic mass is 10.1. The van der Waals surface area contributed by atoms with Gasteiger partial charge in [0, 0.05) is 12.7 Å². The number of carbonyl (C=O) groups excluding carboxylic acids is 1. The second kappa shape index (κ2) is 6.59. The third-order valence-corrected chi connectivity index (χ3v) is 3.22. The van der Waals surface area contributed by atoms with Crippen molar-refractivity contribution < 1.29 is 9.53 Å². The van der Waals surface area contributed by atoms with E-state index >= 15 is 0 Å². The standard InChI is InChI=1S/C13H18O2S/c1-10(2)16-9-13(15-11(3)14)12-7-5-4-6-8-12/h4-8,10,13H,9H2,1-3H3. The molecule has 0 bridgehead atoms. The lowest BCUT2D eigenvalue weighted by molar-refractivity contribution is -0.145. The van der Waals surface area contributed by atoms with Crippen LogP contribution in [0.1, 0.15) is 32.4 Å². The molecule has 1 unspecified atom stereocenters. The Hall–Kier alpha value is -0.960. The third-order valence-electron chi connectivity index (χ3n) is 2.06. The van der Waals surface area contributed by atoms with E-state index in [1.165, 1.54) is 6.92 Å². The highest BCUT2D eigenvalue weighted by Gasteiger charge is 2.15. The average Bonchev–Trinajstić information content (AvgIpc) is 2.25. The first-order valence-electron chi connectivity index (χ1n) is 5.43. The van der Waals surface area contributed by atoms with Crippen LogP contribution < -0.4 is 0 Å². The highest BCUT2D eigenvalue weighted by molar-refractivity contribution is 7.99. The van der Waals surface area contributed by atoms with E-state index in [0.29, 0.717) is 5.25 Å². The molecular formula is C13H18O2S. The number of thioether (sulfide) groups is 1. The van der Waals surface area contributed by atoms with Gasteiger partial charge in [0.2, 0.25) is 0 Å². The fraction of sp³-hybridized carbons (Fsp3) is 0.462. The Morgan fingerprint density at radius 3 is 2.44 bits per heavy atom. The van der Waals surface area contributed by atoms with Crippen molar-refractivity contribution in [1.29, 1.82) is 0 Å². The fourth-order valence-corrected chi connectivity index (χ4v) is 2.17. The smallest absolute Gasteiger partial charge is 0.303 e. The summed E-state index contributed by atoms with van der Waals surface area (Å²) in [4.78, 5) is 11.0. The Kier molecular flexibility index (Phi) is 5.39. The molecule has 88 valence electrons. The minimum absolute atomic E-state index is 0.133. The Morgan fingerprint density at radius 1 is 1.31 bits per heavy atom. The van der Waals surface area contributed by atoms with Crippen molar-refractivity contribution in [1.82, 2.24) is 0 Å². The first kappa shape index (κ1) is 13.1. The topological polar surface area (TPSA) is 26.3 Å². The molecule has 1 aromatic rings. The number of hydrogen-bond donors (Lipinski definition) is 0. The van der Waals surface area contributed by atoms with Crippen molar-refractivity contribution in [3.05, 3.63) is 35.9 Å². The van der Waals surface area contributed by atoms with Crippen molar-refractivity contribution in [2.45, 2.75) is 32.1 Å². The van der Waals surface area contributed by atoms with Gasteiger partial charge in [-0.25, -0.2) is 0 Å². The summed E-state index contributed by atoms with van der Waals surface area (Å²) in [6.07, 6.45) is -0.133. The largest absolute Gasteiger partial charge is 0.457 e. The molecule has 0 saturated heterocycles. The van der Waals surface area contributed by atoms with Crippen LogP contribution in [-0.2, 0) is 9.53 Å². The molecule has 0 aliphatic heterocycles. The van der Waals surface area contributed by atoms with Crippen LogP contribution in [0.3, 0.4) is 0 Å². The van der Waals surface area contributed by atoms with Gasteiger partial charge in [0.05, 0.1) is 0 Å². The molecule has 0 heterocycles. The van der Waals surface area contributed by atoms with Crippen molar-refractivity contribution in [3.63, 3.8) is 0 Å². The molecule has 1 aromatic carbocycles. The summed E-state index contributed by atoms with van der Waals surface area (Å²) < 4.78 is 5.33. The molecule has 0 radical (unpaired) electrons. The van der Waals surface area contributed by atoms with E-state index in [1.807, 2.05) is 30.3 Å². The van der Waals surface area contributed by atoms with Crippen LogP contribution in [0, 0.1) is 0 Å². The van der Waals surface area contributed by atoms with Gasteiger partial charge in [0.25, 0.3) is 0 Å². The Balaban J connectivity index is 2.67. The Morgan fingerprint density at radius 2 is 1.94 bits per heavy atom. The van der Waals surface area contributed by atoms with Gasteiger partial charge in [-0.3, -0.25) is 4.79 Å². The SMILES string of the molecule is CC(=O)OC(CSC(C)C)c1ccccc1. The van der Waals surface area contributed by atoms with Gasteiger partial charge in [-0.1, -0.05) is 44.2 Å². The zero-order chi connectivity index (χ0) is 12.0. The lowest BCUT2D eigenvalue weighted by Gasteiger charge is -2.18. The molecule has 0 aliphatic carbocycles. The van der Waals surface area contributed by atoms with E-state index in [2.05, 4.69) is 13.8 Å². The van der Waals surface area contributed by atoms with Crippen LogP contribution >= 0.6 is 11.8 Å². The number of hydrogen-bond acceptors (Lipinski definition) is 3. The maximum atomic E-state index is 11.0. The maximum absolute atomic E-state index is 11.0. The molecule has 16 heavy (non-hydrogen) atoms. The summed E-state index contributed by atoms with van der Waals surface area (Å²) in [6, 6.07) is 9.88. The molecule has 0 N–H and O–H groups in total. The summed E-state index contributed by atoms with van der Waals surface area (Å²) in [6.45, 7) is 5.73. The van der Waals surface area contributed by atoms with E-state index < -0.39 is 0 Å². The van der Waals surface area contributed by atoms with Gasteiger partial charge < -0.3 is 4.74 Å². The van der Waals surface area contributed by atoms with Crippen molar-refractivity contribution in [2.24, 2.45) is 0 Å². The predicted molar refractivity (Wildman–Crippen MR) is 68.5 cm³/mol. The highest BCUT2D eigenvalue weighted by atomic mass is 32.2. The molecular weight excluding hydrogens is 220 g/mol. The Labute approximate surface area is 101 Å². The molecule has 1 atom stereocenters. The summed E-state index contributed by atoms with van der Waals surface area (Å²) in [5.41, 5.74) is 1.06. The van der Waals surface area contributed by atoms with Gasteiger partial charge in [0.15, 0.2) is 0 Å². The normalized spacial score (nSPS) is 12.5. The lowest BCUT2D eigenvalue weighted by Crippen LogP contribution is -2.12. The highest BCUT2D eigenvalue weighted by Crippen LogP contribution is 2.24. The molecule has 0 fully saturated rings. The van der Waals surface area contributed by atoms with E-state index in [1.54, 1.807) is 11.8 Å². The van der Waals surface area contributed by atoms with Gasteiger partial charge in [0.1, 0.15) is 6.10 Å². The number of rotatable bonds is 5. The van der Waals surface area contributed by atoms with Crippen molar-refractivity contribution in [3.8, 4) is 0 Å². The number of ether oxygens (including phenoxy) is 1. The van der Waals surface area contributed by atoms with Crippen molar-refractivity contribution >= 4 is 17.7 Å². The van der Waals surface area contributed by atoms with Crippen LogP contribution in [0.25, 0.3) is 0 Å². The van der Waals surface area contributed by atoms with Gasteiger partial charge in [-0.2, -0.15) is 11.8 Å². The van der Waals surface area contributed by atoms with E-state index in [0.717, 1.165) is 11.3 Å². The maximum Gasteiger partial charge on any atom is 0.303 e. The van der Waals surface area contributed by atoms with Crippen LogP contribution in [0.5, 0.6) is 0 Å². The molecule has 0 aliphatic rings. The first-order chi connectivity index (χ1) is 7.59. The molecule has 0 aromatic heterocycles. The number of esters is 1. The number of carbonyl (C=O) groups is 1. The fourth-order valence-electron chi connectivity index (χ4n) is 1.35. The first-order valence-corrected chi connectivity index (χ1v) is 6.48. The van der Waals surface area contributed by atoms with Crippen molar-refractivity contribution in [2.75, 3.05) is 5.75 Å². The molecule has 0 saturated carbocycles. The van der Waals surface area contributed by atoms with E-state index in [4.69, 9.17) is 4.74 Å². The molecule has 1 rings (SSSR count). The van der Waals surface area contributed by atoms with Gasteiger partial charge in [-0.15, -0.1) is 0 Å². The summed E-state index contributed by atoms with van der Waals surface area (Å²) >= 11 is 1.80. The summed E-state index contributed by atoms with van der Waals surface area (Å²) in [5, 5.41) is 0.543. The van der Waals surface area contributed by atoms with Gasteiger partial charge in [-0.05, 0) is 10.8 Å². The minimum atomic E-state index is -0.224. The van der Waals surface area contributed by atoms with Crippen LogP contribution in [0.15, 0.2) is 30.3 Å². The van der Waals surface area contributed by atoms with Gasteiger partial charge >= 0.3 is 5.97 Å². The van der Waals surface area contributed by atoms with Crippen LogP contribution in [-0.4, -0.2) is 17.0 Å². The van der Waals surface area contributed by atoms with Crippen LogP contribution in [0.4, 0.5) is 0 Å². The minimum Gasteiger partial charge on any atom is -0.457 e. The van der Waals surface area contributed by atoms with E-state index in [9.17, 15) is 4.79 Å². The monoisotopic (exact) mass is 238 g/mol. The summed E-state index contributed by atoms with van der Waals surface area (Å²) in [5.74, 6) is 0.583. The molecule has 0 spiro atoms. The third kappa shape index (κ3) is 4.71. The van der Waals surface area contributed by atoms with E-state index in [-0.39, 0.29) is 12.1 Å². The molecule has 3 heteroatoms. The quantitative estimate of drug-likeness (QED) is 0.735. The molecule has 0 amide bonds. The zero-order valence-corrected chi connectivity index (χ0v) is 10.8. The second-order valence-electron chi connectivity index (χ2n) is 3.89. The molecule has 2 nitrogen and oxygen atoms in total. The van der Waals surface area contributed by atoms with Crippen LogP contribution in [0.2, 0.25) is 0 Å².